The molecule has 0 aliphatic heterocycles. The molecule has 1 unspecified atom stereocenters. The number of carbonyl (C=O) groups is 2. The van der Waals surface area contributed by atoms with Gasteiger partial charge < -0.3 is 25.2 Å². The summed E-state index contributed by atoms with van der Waals surface area (Å²) in [6, 6.07) is -0.851. The lowest BCUT2D eigenvalue weighted by atomic mass is 9.80. The third-order valence-corrected chi connectivity index (χ3v) is 4.55. The van der Waals surface area contributed by atoms with Crippen molar-refractivity contribution in [2.24, 2.45) is 11.3 Å². The van der Waals surface area contributed by atoms with E-state index in [1.54, 1.807) is 7.11 Å². The first-order valence-electron chi connectivity index (χ1n) is 10.4. The van der Waals surface area contributed by atoms with Gasteiger partial charge in [-0.05, 0) is 45.6 Å². The zero-order valence-electron chi connectivity index (χ0n) is 19.7. The van der Waals surface area contributed by atoms with Crippen LogP contribution in [0.15, 0.2) is 11.8 Å². The fourth-order valence-corrected chi connectivity index (χ4v) is 3.08. The Hall–Kier alpha value is -1.76. The number of allylic oxidation sites excluding steroid dienone is 1. The standard InChI is InChI=1S/C22H42N2O5/c1-10-16(28-9)14-22(7,8)18(24-17(19(25)26)13-15(2)3)11-12-23-20(27)29-21(4,5)6/h14-15,17-18,24H,10-13H2,1-9H3,(H,23,27)(H,25,26)/b16-14+/t17-,18?/m0/s1. The molecule has 0 fully saturated rings. The van der Waals surface area contributed by atoms with Gasteiger partial charge in [0, 0.05) is 24.4 Å². The van der Waals surface area contributed by atoms with E-state index in [4.69, 9.17) is 9.47 Å². The quantitative estimate of drug-likeness (QED) is 0.411. The van der Waals surface area contributed by atoms with Crippen LogP contribution in [0.2, 0.25) is 0 Å². The number of hydrogen-bond acceptors (Lipinski definition) is 5. The van der Waals surface area contributed by atoms with Crippen LogP contribution in [0.25, 0.3) is 0 Å². The molecule has 7 nitrogen and oxygen atoms in total. The molecule has 0 aliphatic rings. The van der Waals surface area contributed by atoms with Crippen molar-refractivity contribution < 1.29 is 24.2 Å². The second kappa shape index (κ2) is 12.1. The van der Waals surface area contributed by atoms with Crippen molar-refractivity contribution in [3.05, 3.63) is 11.8 Å². The van der Waals surface area contributed by atoms with E-state index >= 15 is 0 Å². The number of alkyl carbamates (subject to hydrolysis) is 1. The normalized spacial score (nSPS) is 15.0. The van der Waals surface area contributed by atoms with Gasteiger partial charge in [0.1, 0.15) is 11.6 Å². The first kappa shape index (κ1) is 27.2. The van der Waals surface area contributed by atoms with E-state index in [9.17, 15) is 14.7 Å². The Bertz CT molecular complexity index is 544. The Labute approximate surface area is 176 Å². The second-order valence-electron chi connectivity index (χ2n) is 9.45. The number of nitrogens with one attached hydrogen (secondary N) is 2. The predicted octanol–water partition coefficient (Wildman–Crippen LogP) is 4.33. The molecule has 0 rings (SSSR count). The van der Waals surface area contributed by atoms with Crippen molar-refractivity contribution in [3.63, 3.8) is 0 Å². The summed E-state index contributed by atoms with van der Waals surface area (Å²) in [5, 5.41) is 15.7. The molecule has 29 heavy (non-hydrogen) atoms. The fourth-order valence-electron chi connectivity index (χ4n) is 3.08. The third-order valence-electron chi connectivity index (χ3n) is 4.55. The van der Waals surface area contributed by atoms with E-state index in [2.05, 4.69) is 10.6 Å². The van der Waals surface area contributed by atoms with Crippen LogP contribution in [0, 0.1) is 11.3 Å². The highest BCUT2D eigenvalue weighted by atomic mass is 16.6. The summed E-state index contributed by atoms with van der Waals surface area (Å²) in [5.41, 5.74) is -0.953. The predicted molar refractivity (Wildman–Crippen MR) is 116 cm³/mol. The lowest BCUT2D eigenvalue weighted by Crippen LogP contribution is -2.51. The molecule has 0 aromatic carbocycles. The molecule has 0 aromatic rings. The van der Waals surface area contributed by atoms with Gasteiger partial charge in [0.2, 0.25) is 0 Å². The highest BCUT2D eigenvalue weighted by molar-refractivity contribution is 5.73. The largest absolute Gasteiger partial charge is 0.501 e. The number of amides is 1. The van der Waals surface area contributed by atoms with E-state index in [1.807, 2.05) is 61.5 Å². The third kappa shape index (κ3) is 11.7. The molecular formula is C22H42N2O5. The minimum Gasteiger partial charge on any atom is -0.501 e. The summed E-state index contributed by atoms with van der Waals surface area (Å²) in [4.78, 5) is 23.7. The first-order chi connectivity index (χ1) is 13.2. The SMILES string of the molecule is CC/C(=C\C(C)(C)C(CCNC(=O)OC(C)(C)C)N[C@@H](CC(C)C)C(=O)O)OC. The first-order valence-corrected chi connectivity index (χ1v) is 10.4. The Morgan fingerprint density at radius 3 is 2.14 bits per heavy atom. The smallest absolute Gasteiger partial charge is 0.407 e. The molecule has 0 heterocycles. The maximum atomic E-state index is 12.0. The van der Waals surface area contributed by atoms with Crippen molar-refractivity contribution in [1.82, 2.24) is 10.6 Å². The van der Waals surface area contributed by atoms with E-state index in [-0.39, 0.29) is 17.4 Å². The van der Waals surface area contributed by atoms with Crippen molar-refractivity contribution in [2.75, 3.05) is 13.7 Å². The van der Waals surface area contributed by atoms with Crippen LogP contribution in [-0.2, 0) is 14.3 Å². The van der Waals surface area contributed by atoms with E-state index in [0.717, 1.165) is 12.2 Å². The summed E-state index contributed by atoms with van der Waals surface area (Å²) >= 11 is 0. The molecule has 1 amide bonds. The molecule has 7 heteroatoms. The Morgan fingerprint density at radius 2 is 1.72 bits per heavy atom. The van der Waals surface area contributed by atoms with Crippen molar-refractivity contribution >= 4 is 12.1 Å². The maximum absolute atomic E-state index is 12.0. The molecule has 0 bridgehead atoms. The summed E-state index contributed by atoms with van der Waals surface area (Å²) in [6.45, 7) is 15.9. The van der Waals surface area contributed by atoms with Crippen LogP contribution in [0.1, 0.15) is 74.7 Å². The molecule has 0 radical (unpaired) electrons. The molecule has 170 valence electrons. The average Bonchev–Trinajstić information content (AvgIpc) is 2.55. The molecule has 2 atom stereocenters. The number of methoxy groups -OCH3 is 1. The lowest BCUT2D eigenvalue weighted by Gasteiger charge is -2.36. The van der Waals surface area contributed by atoms with Crippen LogP contribution in [0.3, 0.4) is 0 Å². The fraction of sp³-hybridized carbons (Fsp3) is 0.818. The molecule has 0 aromatic heterocycles. The number of carboxylic acids is 1. The molecule has 0 saturated heterocycles. The average molecular weight is 415 g/mol. The molecule has 0 saturated carbocycles. The molecule has 0 aliphatic carbocycles. The maximum Gasteiger partial charge on any atom is 0.407 e. The number of ether oxygens (including phenoxy) is 2. The molecule has 0 spiro atoms. The lowest BCUT2D eigenvalue weighted by molar-refractivity contribution is -0.140. The van der Waals surface area contributed by atoms with E-state index in [0.29, 0.717) is 19.4 Å². The summed E-state index contributed by atoms with van der Waals surface area (Å²) < 4.78 is 10.7. The van der Waals surface area contributed by atoms with Gasteiger partial charge in [-0.2, -0.15) is 0 Å². The number of carboxylic acid groups (broad SMARTS) is 1. The monoisotopic (exact) mass is 414 g/mol. The minimum absolute atomic E-state index is 0.186. The van der Waals surface area contributed by atoms with Crippen molar-refractivity contribution in [3.8, 4) is 0 Å². The van der Waals surface area contributed by atoms with Crippen LogP contribution in [0.4, 0.5) is 4.79 Å². The van der Waals surface area contributed by atoms with Crippen LogP contribution in [0.5, 0.6) is 0 Å². The summed E-state index contributed by atoms with van der Waals surface area (Å²) in [7, 11) is 1.64. The number of aliphatic carboxylic acids is 1. The number of hydrogen-bond donors (Lipinski definition) is 3. The number of carbonyl (C=O) groups excluding carboxylic acids is 1. The minimum atomic E-state index is -0.869. The van der Waals surface area contributed by atoms with Gasteiger partial charge >= 0.3 is 12.1 Å². The van der Waals surface area contributed by atoms with Gasteiger partial charge in [-0.15, -0.1) is 0 Å². The molecule has 3 N–H and O–H groups in total. The molecular weight excluding hydrogens is 372 g/mol. The highest BCUT2D eigenvalue weighted by Crippen LogP contribution is 2.28. The zero-order chi connectivity index (χ0) is 22.8. The Kier molecular flexibility index (Phi) is 11.3. The highest BCUT2D eigenvalue weighted by Gasteiger charge is 2.32. The Morgan fingerprint density at radius 1 is 1.14 bits per heavy atom. The van der Waals surface area contributed by atoms with Gasteiger partial charge in [-0.1, -0.05) is 34.6 Å². The van der Waals surface area contributed by atoms with Gasteiger partial charge in [0.05, 0.1) is 12.9 Å². The van der Waals surface area contributed by atoms with Crippen LogP contribution < -0.4 is 10.6 Å². The van der Waals surface area contributed by atoms with Gasteiger partial charge in [0.15, 0.2) is 0 Å². The van der Waals surface area contributed by atoms with Crippen molar-refractivity contribution in [1.29, 1.82) is 0 Å². The van der Waals surface area contributed by atoms with Gasteiger partial charge in [-0.25, -0.2) is 4.79 Å². The number of rotatable bonds is 12. The van der Waals surface area contributed by atoms with Crippen LogP contribution >= 0.6 is 0 Å². The van der Waals surface area contributed by atoms with E-state index < -0.39 is 23.7 Å². The topological polar surface area (TPSA) is 96.9 Å². The van der Waals surface area contributed by atoms with Crippen molar-refractivity contribution in [2.45, 2.75) is 92.3 Å². The summed E-state index contributed by atoms with van der Waals surface area (Å²) in [6.07, 6.45) is 3.37. The van der Waals surface area contributed by atoms with Gasteiger partial charge in [0.25, 0.3) is 0 Å². The van der Waals surface area contributed by atoms with E-state index in [1.165, 1.54) is 0 Å². The zero-order valence-corrected chi connectivity index (χ0v) is 19.7. The second-order valence-corrected chi connectivity index (χ2v) is 9.45. The summed E-state index contributed by atoms with van der Waals surface area (Å²) in [5.74, 6) is 0.219. The van der Waals surface area contributed by atoms with Gasteiger partial charge in [-0.3, -0.25) is 4.79 Å². The van der Waals surface area contributed by atoms with Crippen LogP contribution in [-0.4, -0.2) is 48.5 Å². The Balaban J connectivity index is 5.40.